The van der Waals surface area contributed by atoms with Gasteiger partial charge in [-0.15, -0.1) is 0 Å². The van der Waals surface area contributed by atoms with Crippen molar-refractivity contribution in [2.45, 2.75) is 68.9 Å². The quantitative estimate of drug-likeness (QED) is 0.736. The molecule has 144 valence electrons. The van der Waals surface area contributed by atoms with Crippen molar-refractivity contribution in [1.29, 1.82) is 0 Å². The van der Waals surface area contributed by atoms with E-state index < -0.39 is 32.8 Å². The maximum absolute atomic E-state index is 13.2. The molecular weight excluding hydrogens is 356 g/mol. The molecule has 0 aromatic heterocycles. The van der Waals surface area contributed by atoms with Crippen LogP contribution >= 0.6 is 0 Å². The Kier molecular flexibility index (Phi) is 5.77. The molecule has 1 heterocycles. The highest BCUT2D eigenvalue weighted by molar-refractivity contribution is 7.92. The van der Waals surface area contributed by atoms with Crippen LogP contribution in [0.2, 0.25) is 0 Å². The molecule has 2 atom stereocenters. The smallest absolute Gasteiger partial charge is 0.250 e. The zero-order valence-electron chi connectivity index (χ0n) is 15.4. The third kappa shape index (κ3) is 3.23. The second kappa shape index (κ2) is 7.36. The number of aliphatic hydroxyl groups is 1. The first-order valence-corrected chi connectivity index (χ1v) is 10.3. The molecule has 8 heteroatoms. The monoisotopic (exact) mass is 382 g/mol. The highest BCUT2D eigenvalue weighted by atomic mass is 32.2. The Hall–Kier alpha value is -1.93. The van der Waals surface area contributed by atoms with E-state index in [1.165, 1.54) is 6.07 Å². The number of hydrogen-bond donors (Lipinski definition) is 2. The number of benzene rings is 1. The first-order chi connectivity index (χ1) is 12.1. The number of carbonyl (C=O) groups is 2. The highest BCUT2D eigenvalue weighted by Crippen LogP contribution is 2.39. The second-order valence-electron chi connectivity index (χ2n) is 6.68. The molecule has 0 radical (unpaired) electrons. The number of hydrogen-bond acceptors (Lipinski definition) is 5. The van der Waals surface area contributed by atoms with Gasteiger partial charge in [-0.3, -0.25) is 14.5 Å². The van der Waals surface area contributed by atoms with Crippen molar-refractivity contribution in [2.24, 2.45) is 5.73 Å². The number of nitrogens with two attached hydrogens (primary N) is 1. The fourth-order valence-electron chi connectivity index (χ4n) is 3.44. The van der Waals surface area contributed by atoms with Gasteiger partial charge in [0.15, 0.2) is 0 Å². The molecule has 3 N–H and O–H groups in total. The largest absolute Gasteiger partial charge is 0.368 e. The van der Waals surface area contributed by atoms with E-state index in [0.29, 0.717) is 6.42 Å². The van der Waals surface area contributed by atoms with E-state index in [9.17, 15) is 23.1 Å². The lowest BCUT2D eigenvalue weighted by atomic mass is 10.0. The van der Waals surface area contributed by atoms with Gasteiger partial charge in [-0.25, -0.2) is 8.42 Å². The SMILES string of the molecule is CCCc1cc(S(=O)(=O)[C@@]2(O)CCC(=O)N2[C@@H](CC)C(N)=O)ccc1C. The molecule has 2 amide bonds. The maximum atomic E-state index is 13.2. The van der Waals surface area contributed by atoms with Crippen molar-refractivity contribution < 1.29 is 23.1 Å². The predicted octanol–water partition coefficient (Wildman–Crippen LogP) is 1.25. The molecule has 0 spiro atoms. The van der Waals surface area contributed by atoms with Crippen LogP contribution in [0, 0.1) is 6.92 Å². The van der Waals surface area contributed by atoms with Crippen LogP contribution in [0.1, 0.15) is 50.7 Å². The summed E-state index contributed by atoms with van der Waals surface area (Å²) in [7, 11) is -4.31. The van der Waals surface area contributed by atoms with Gasteiger partial charge in [0.2, 0.25) is 21.7 Å². The van der Waals surface area contributed by atoms with E-state index >= 15 is 0 Å². The molecule has 0 bridgehead atoms. The Balaban J connectivity index is 2.57. The molecule has 1 saturated heterocycles. The van der Waals surface area contributed by atoms with Crippen molar-refractivity contribution in [2.75, 3.05) is 0 Å². The average molecular weight is 382 g/mol. The first-order valence-electron chi connectivity index (χ1n) is 8.78. The number of nitrogens with zero attached hydrogens (tertiary/aromatic N) is 1. The Labute approximate surface area is 154 Å². The minimum atomic E-state index is -4.31. The van der Waals surface area contributed by atoms with E-state index in [2.05, 4.69) is 0 Å². The number of carbonyl (C=O) groups excluding carboxylic acids is 2. The molecule has 26 heavy (non-hydrogen) atoms. The summed E-state index contributed by atoms with van der Waals surface area (Å²) in [6, 6.07) is 3.48. The molecule has 0 unspecified atom stereocenters. The minimum absolute atomic E-state index is 0.0620. The number of likely N-dealkylation sites (tertiary alicyclic amines) is 1. The zero-order chi connectivity index (χ0) is 19.7. The van der Waals surface area contributed by atoms with Crippen LogP contribution in [-0.2, 0) is 25.8 Å². The number of amides is 2. The predicted molar refractivity (Wildman–Crippen MR) is 96.7 cm³/mol. The zero-order valence-corrected chi connectivity index (χ0v) is 16.2. The Morgan fingerprint density at radius 2 is 2.04 bits per heavy atom. The lowest BCUT2D eigenvalue weighted by Gasteiger charge is -2.37. The molecule has 2 rings (SSSR count). The van der Waals surface area contributed by atoms with Crippen LogP contribution < -0.4 is 5.73 Å². The van der Waals surface area contributed by atoms with Gasteiger partial charge >= 0.3 is 0 Å². The van der Waals surface area contributed by atoms with Crippen molar-refractivity contribution in [3.8, 4) is 0 Å². The summed E-state index contributed by atoms with van der Waals surface area (Å²) in [6.07, 6.45) is 1.21. The van der Waals surface area contributed by atoms with Gasteiger partial charge < -0.3 is 10.8 Å². The third-order valence-electron chi connectivity index (χ3n) is 4.92. The summed E-state index contributed by atoms with van der Waals surface area (Å²) in [5, 5.41) is 8.58. The first kappa shape index (κ1) is 20.4. The Bertz CT molecular complexity index is 821. The van der Waals surface area contributed by atoms with Gasteiger partial charge in [-0.05, 0) is 43.0 Å². The number of sulfone groups is 1. The van der Waals surface area contributed by atoms with E-state index in [1.807, 2.05) is 13.8 Å². The van der Waals surface area contributed by atoms with Crippen molar-refractivity contribution >= 4 is 21.7 Å². The number of aryl methyl sites for hydroxylation is 2. The topological polar surface area (TPSA) is 118 Å². The van der Waals surface area contributed by atoms with E-state index in [4.69, 9.17) is 5.73 Å². The van der Waals surface area contributed by atoms with Gasteiger partial charge in [0.05, 0.1) is 4.90 Å². The highest BCUT2D eigenvalue weighted by Gasteiger charge is 2.57. The van der Waals surface area contributed by atoms with Gasteiger partial charge in [0.25, 0.3) is 5.06 Å². The third-order valence-corrected chi connectivity index (χ3v) is 7.05. The van der Waals surface area contributed by atoms with Gasteiger partial charge in [-0.1, -0.05) is 26.3 Å². The van der Waals surface area contributed by atoms with Crippen LogP contribution in [0.15, 0.2) is 23.1 Å². The molecule has 1 aromatic carbocycles. The molecule has 1 fully saturated rings. The minimum Gasteiger partial charge on any atom is -0.368 e. The molecule has 1 aliphatic rings. The lowest BCUT2D eigenvalue weighted by Crippen LogP contribution is -2.59. The summed E-state index contributed by atoms with van der Waals surface area (Å²) in [6.45, 7) is 5.49. The molecule has 1 aromatic rings. The van der Waals surface area contributed by atoms with Crippen molar-refractivity contribution in [3.63, 3.8) is 0 Å². The summed E-state index contributed by atoms with van der Waals surface area (Å²) in [5.41, 5.74) is 7.17. The summed E-state index contributed by atoms with van der Waals surface area (Å²) in [4.78, 5) is 24.7. The van der Waals surface area contributed by atoms with Crippen LogP contribution in [-0.4, -0.2) is 41.3 Å². The Morgan fingerprint density at radius 3 is 2.58 bits per heavy atom. The normalized spacial score (nSPS) is 21.8. The van der Waals surface area contributed by atoms with Crippen LogP contribution in [0.25, 0.3) is 0 Å². The van der Waals surface area contributed by atoms with Crippen LogP contribution in [0.5, 0.6) is 0 Å². The standard InChI is InChI=1S/C18H26N2O5S/c1-4-6-13-11-14(8-7-12(13)3)26(24,25)18(23)10-9-16(21)20(18)15(5-2)17(19)22/h7-8,11,15,23H,4-6,9-10H2,1-3H3,(H2,19,22)/t15-,18-/m0/s1. The fraction of sp³-hybridized carbons (Fsp3) is 0.556. The fourth-order valence-corrected chi connectivity index (χ4v) is 5.22. The van der Waals surface area contributed by atoms with Crippen molar-refractivity contribution in [1.82, 2.24) is 4.90 Å². The molecular formula is C18H26N2O5S. The molecule has 1 aliphatic heterocycles. The van der Waals surface area contributed by atoms with Gasteiger partial charge in [-0.2, -0.15) is 0 Å². The van der Waals surface area contributed by atoms with Crippen LogP contribution in [0.3, 0.4) is 0 Å². The van der Waals surface area contributed by atoms with E-state index in [-0.39, 0.29) is 24.2 Å². The van der Waals surface area contributed by atoms with E-state index in [1.54, 1.807) is 19.1 Å². The summed E-state index contributed by atoms with van der Waals surface area (Å²) >= 11 is 0. The molecule has 7 nitrogen and oxygen atoms in total. The summed E-state index contributed by atoms with van der Waals surface area (Å²) in [5.74, 6) is -1.44. The van der Waals surface area contributed by atoms with Gasteiger partial charge in [0, 0.05) is 12.8 Å². The van der Waals surface area contributed by atoms with Crippen molar-refractivity contribution in [3.05, 3.63) is 29.3 Å². The Morgan fingerprint density at radius 1 is 1.38 bits per heavy atom. The van der Waals surface area contributed by atoms with Gasteiger partial charge in [0.1, 0.15) is 6.04 Å². The maximum Gasteiger partial charge on any atom is 0.250 e. The molecule has 0 aliphatic carbocycles. The number of primary amides is 1. The lowest BCUT2D eigenvalue weighted by molar-refractivity contribution is -0.147. The average Bonchev–Trinajstić information content (AvgIpc) is 2.88. The van der Waals surface area contributed by atoms with Crippen LogP contribution in [0.4, 0.5) is 0 Å². The second-order valence-corrected chi connectivity index (χ2v) is 8.81. The number of rotatable bonds is 7. The van der Waals surface area contributed by atoms with E-state index in [0.717, 1.165) is 22.4 Å². The molecule has 0 saturated carbocycles. The summed E-state index contributed by atoms with van der Waals surface area (Å²) < 4.78 is 26.5.